The Labute approximate surface area is 217 Å². The maximum absolute atomic E-state index is 13.6. The summed E-state index contributed by atoms with van der Waals surface area (Å²) in [5.74, 6) is -0.288. The molecule has 1 aliphatic heterocycles. The summed E-state index contributed by atoms with van der Waals surface area (Å²) in [5.41, 5.74) is 6.70. The van der Waals surface area contributed by atoms with Crippen molar-refractivity contribution in [3.63, 3.8) is 0 Å². The summed E-state index contributed by atoms with van der Waals surface area (Å²) in [5, 5.41) is 7.39. The first kappa shape index (κ1) is 24.5. The van der Waals surface area contributed by atoms with E-state index in [0.717, 1.165) is 38.8 Å². The standard InChI is InChI=1S/C31H32N4O2/c1-19(2)31(37)35-27(21-12-14-23(15-13-21)34(4)5)18-26(33-35)29-28(22-9-7-6-8-10-22)24-17-20(3)11-16-25(24)32-30(29)36/h6-17,19,27H,18H2,1-5H3,(H,32,36)/t27-/m0/s1. The van der Waals surface area contributed by atoms with Gasteiger partial charge in [0, 0.05) is 48.6 Å². The van der Waals surface area contributed by atoms with Gasteiger partial charge >= 0.3 is 0 Å². The predicted molar refractivity (Wildman–Crippen MR) is 151 cm³/mol. The number of nitrogens with one attached hydrogen (secondary N) is 1. The number of hydrogen-bond donors (Lipinski definition) is 1. The number of nitrogens with zero attached hydrogens (tertiary/aromatic N) is 3. The van der Waals surface area contributed by atoms with Crippen LogP contribution in [0.2, 0.25) is 0 Å². The third kappa shape index (κ3) is 4.55. The lowest BCUT2D eigenvalue weighted by molar-refractivity contribution is -0.136. The fourth-order valence-electron chi connectivity index (χ4n) is 4.97. The van der Waals surface area contributed by atoms with Crippen molar-refractivity contribution in [3.8, 4) is 11.1 Å². The Hall–Kier alpha value is -4.19. The highest BCUT2D eigenvalue weighted by molar-refractivity contribution is 6.13. The minimum atomic E-state index is -0.280. The van der Waals surface area contributed by atoms with Gasteiger partial charge in [0.1, 0.15) is 0 Å². The minimum Gasteiger partial charge on any atom is -0.378 e. The number of aryl methyl sites for hydroxylation is 1. The molecule has 5 rings (SSSR count). The summed E-state index contributed by atoms with van der Waals surface area (Å²) < 4.78 is 0. The van der Waals surface area contributed by atoms with Crippen molar-refractivity contribution in [1.29, 1.82) is 0 Å². The predicted octanol–water partition coefficient (Wildman–Crippen LogP) is 5.90. The number of benzene rings is 3. The van der Waals surface area contributed by atoms with Gasteiger partial charge in [-0.3, -0.25) is 9.59 Å². The number of H-pyrrole nitrogens is 1. The number of amides is 1. The first-order valence-corrected chi connectivity index (χ1v) is 12.6. The average molecular weight is 493 g/mol. The third-order valence-corrected chi connectivity index (χ3v) is 6.95. The Kier molecular flexibility index (Phi) is 6.42. The van der Waals surface area contributed by atoms with E-state index in [1.54, 1.807) is 5.01 Å². The molecule has 4 aromatic rings. The molecule has 0 fully saturated rings. The zero-order valence-corrected chi connectivity index (χ0v) is 21.9. The molecule has 37 heavy (non-hydrogen) atoms. The van der Waals surface area contributed by atoms with Crippen LogP contribution >= 0.6 is 0 Å². The van der Waals surface area contributed by atoms with Crippen LogP contribution in [0.5, 0.6) is 0 Å². The zero-order chi connectivity index (χ0) is 26.3. The van der Waals surface area contributed by atoms with Gasteiger partial charge in [-0.15, -0.1) is 0 Å². The summed E-state index contributed by atoms with van der Waals surface area (Å²) in [6.45, 7) is 5.80. The molecule has 6 nitrogen and oxygen atoms in total. The number of pyridine rings is 1. The number of hydrogen-bond acceptors (Lipinski definition) is 4. The van der Waals surface area contributed by atoms with E-state index in [4.69, 9.17) is 5.10 Å². The Morgan fingerprint density at radius 1 is 1.00 bits per heavy atom. The summed E-state index contributed by atoms with van der Waals surface area (Å²) >= 11 is 0. The minimum absolute atomic E-state index is 0.0639. The summed E-state index contributed by atoms with van der Waals surface area (Å²) in [7, 11) is 4.00. The molecule has 0 saturated heterocycles. The number of aromatic nitrogens is 1. The first-order valence-electron chi connectivity index (χ1n) is 12.6. The molecule has 0 saturated carbocycles. The van der Waals surface area contributed by atoms with E-state index in [1.165, 1.54) is 0 Å². The Morgan fingerprint density at radius 2 is 1.70 bits per heavy atom. The van der Waals surface area contributed by atoms with Crippen molar-refractivity contribution in [2.45, 2.75) is 33.2 Å². The van der Waals surface area contributed by atoms with Gasteiger partial charge in [-0.2, -0.15) is 5.10 Å². The highest BCUT2D eigenvalue weighted by Crippen LogP contribution is 2.38. The molecule has 1 amide bonds. The molecule has 0 radical (unpaired) electrons. The molecule has 6 heteroatoms. The number of aromatic amines is 1. The van der Waals surface area contributed by atoms with Gasteiger partial charge < -0.3 is 9.88 Å². The molecule has 0 unspecified atom stereocenters. The summed E-state index contributed by atoms with van der Waals surface area (Å²) in [4.78, 5) is 32.0. The van der Waals surface area contributed by atoms with Crippen LogP contribution in [0.4, 0.5) is 5.69 Å². The third-order valence-electron chi connectivity index (χ3n) is 6.95. The maximum Gasteiger partial charge on any atom is 0.258 e. The Bertz CT molecular complexity index is 1550. The van der Waals surface area contributed by atoms with Crippen molar-refractivity contribution >= 4 is 28.2 Å². The van der Waals surface area contributed by atoms with Gasteiger partial charge in [0.05, 0.1) is 17.3 Å². The van der Waals surface area contributed by atoms with Crippen molar-refractivity contribution in [2.24, 2.45) is 11.0 Å². The topological polar surface area (TPSA) is 68.8 Å². The first-order chi connectivity index (χ1) is 17.7. The van der Waals surface area contributed by atoms with Gasteiger partial charge in [-0.25, -0.2) is 5.01 Å². The van der Waals surface area contributed by atoms with Crippen LogP contribution in [0.25, 0.3) is 22.0 Å². The van der Waals surface area contributed by atoms with E-state index in [9.17, 15) is 9.59 Å². The second kappa shape index (κ2) is 9.69. The highest BCUT2D eigenvalue weighted by Gasteiger charge is 2.36. The fourth-order valence-corrected chi connectivity index (χ4v) is 4.97. The maximum atomic E-state index is 13.6. The molecule has 0 aliphatic carbocycles. The molecular formula is C31H32N4O2. The number of rotatable bonds is 5. The monoisotopic (exact) mass is 492 g/mol. The summed E-state index contributed by atoms with van der Waals surface area (Å²) in [6, 6.07) is 23.9. The second-order valence-electron chi connectivity index (χ2n) is 10.2. The Morgan fingerprint density at radius 3 is 2.35 bits per heavy atom. The van der Waals surface area contributed by atoms with Crippen molar-refractivity contribution in [3.05, 3.63) is 99.8 Å². The number of anilines is 1. The molecule has 188 valence electrons. The van der Waals surface area contributed by atoms with Gasteiger partial charge in [-0.05, 0) is 42.3 Å². The lowest BCUT2D eigenvalue weighted by Crippen LogP contribution is -2.30. The number of hydrazone groups is 1. The molecule has 1 atom stereocenters. The lowest BCUT2D eigenvalue weighted by atomic mass is 9.90. The van der Waals surface area contributed by atoms with Gasteiger partial charge in [-0.1, -0.05) is 67.9 Å². The van der Waals surface area contributed by atoms with Gasteiger partial charge in [0.25, 0.3) is 5.56 Å². The summed E-state index contributed by atoms with van der Waals surface area (Å²) in [6.07, 6.45) is 0.458. The highest BCUT2D eigenvalue weighted by atomic mass is 16.2. The van der Waals surface area contributed by atoms with E-state index in [1.807, 2.05) is 106 Å². The van der Waals surface area contributed by atoms with Crippen LogP contribution in [0, 0.1) is 12.8 Å². The SMILES string of the molecule is Cc1ccc2[nH]c(=O)c(C3=NN(C(=O)C(C)C)[C@H](c4ccc(N(C)C)cc4)C3)c(-c3ccccc3)c2c1. The smallest absolute Gasteiger partial charge is 0.258 e. The largest absolute Gasteiger partial charge is 0.378 e. The lowest BCUT2D eigenvalue weighted by Gasteiger charge is -2.24. The van der Waals surface area contributed by atoms with E-state index in [-0.39, 0.29) is 23.4 Å². The van der Waals surface area contributed by atoms with E-state index >= 15 is 0 Å². The number of carbonyl (C=O) groups excluding carboxylic acids is 1. The molecule has 3 aromatic carbocycles. The van der Waals surface area contributed by atoms with E-state index in [2.05, 4.69) is 11.1 Å². The molecule has 0 spiro atoms. The van der Waals surface area contributed by atoms with Crippen LogP contribution in [0.15, 0.2) is 82.7 Å². The van der Waals surface area contributed by atoms with Crippen LogP contribution in [-0.2, 0) is 4.79 Å². The molecule has 2 heterocycles. The quantitative estimate of drug-likeness (QED) is 0.377. The number of carbonyl (C=O) groups is 1. The van der Waals surface area contributed by atoms with Crippen LogP contribution in [-0.4, -0.2) is 35.7 Å². The van der Waals surface area contributed by atoms with Crippen LogP contribution in [0.3, 0.4) is 0 Å². The molecular weight excluding hydrogens is 460 g/mol. The molecule has 1 aromatic heterocycles. The average Bonchev–Trinajstić information content (AvgIpc) is 3.33. The Balaban J connectivity index is 1.70. The van der Waals surface area contributed by atoms with Gasteiger partial charge in [0.15, 0.2) is 0 Å². The van der Waals surface area contributed by atoms with Crippen molar-refractivity contribution < 1.29 is 4.79 Å². The number of fused-ring (bicyclic) bond motifs is 1. The molecule has 0 bridgehead atoms. The van der Waals surface area contributed by atoms with E-state index < -0.39 is 0 Å². The van der Waals surface area contributed by atoms with Crippen molar-refractivity contribution in [1.82, 2.24) is 9.99 Å². The van der Waals surface area contributed by atoms with E-state index in [0.29, 0.717) is 17.7 Å². The van der Waals surface area contributed by atoms with Crippen LogP contribution in [0.1, 0.15) is 43.0 Å². The van der Waals surface area contributed by atoms with Gasteiger partial charge in [0.2, 0.25) is 5.91 Å². The second-order valence-corrected chi connectivity index (χ2v) is 10.2. The normalized spacial score (nSPS) is 15.4. The zero-order valence-electron chi connectivity index (χ0n) is 21.9. The molecule has 1 aliphatic rings. The fraction of sp³-hybridized carbons (Fsp3) is 0.258. The molecule has 1 N–H and O–H groups in total. The van der Waals surface area contributed by atoms with Crippen LogP contribution < -0.4 is 10.5 Å². The van der Waals surface area contributed by atoms with Crippen molar-refractivity contribution in [2.75, 3.05) is 19.0 Å².